The van der Waals surface area contributed by atoms with Gasteiger partial charge in [0.1, 0.15) is 11.9 Å². The molecule has 0 spiro atoms. The lowest BCUT2D eigenvalue weighted by molar-refractivity contribution is -0.151. The molecule has 0 bridgehead atoms. The first-order valence-corrected chi connectivity index (χ1v) is 7.83. The summed E-state index contributed by atoms with van der Waals surface area (Å²) in [5.41, 5.74) is 1.11. The average molecular weight is 306 g/mol. The molecule has 22 heavy (non-hydrogen) atoms. The third-order valence-electron chi connectivity index (χ3n) is 3.79. The van der Waals surface area contributed by atoms with Crippen LogP contribution in [0.3, 0.4) is 0 Å². The van der Waals surface area contributed by atoms with Crippen LogP contribution in [0.4, 0.5) is 0 Å². The largest absolute Gasteiger partial charge is 0.482 e. The molecular weight excluding hydrogens is 280 g/mol. The van der Waals surface area contributed by atoms with E-state index in [4.69, 9.17) is 9.47 Å². The third kappa shape index (κ3) is 5.66. The highest BCUT2D eigenvalue weighted by Gasteiger charge is 2.18. The lowest BCUT2D eigenvalue weighted by atomic mass is 10.2. The maximum atomic E-state index is 11.8. The van der Waals surface area contributed by atoms with Crippen molar-refractivity contribution in [3.8, 4) is 5.75 Å². The minimum absolute atomic E-state index is 0.0451. The van der Waals surface area contributed by atoms with E-state index in [1.165, 1.54) is 0 Å². The van der Waals surface area contributed by atoms with Gasteiger partial charge in [-0.2, -0.15) is 0 Å². The Hall–Kier alpha value is -1.59. The lowest BCUT2D eigenvalue weighted by Gasteiger charge is -2.33. The van der Waals surface area contributed by atoms with Gasteiger partial charge >= 0.3 is 5.97 Å². The van der Waals surface area contributed by atoms with Gasteiger partial charge in [-0.3, -0.25) is 4.90 Å². The predicted octanol–water partition coefficient (Wildman–Crippen LogP) is 1.55. The molecule has 1 heterocycles. The topological polar surface area (TPSA) is 42.0 Å². The van der Waals surface area contributed by atoms with E-state index < -0.39 is 0 Å². The fraction of sp³-hybridized carbons (Fsp3) is 0.588. The van der Waals surface area contributed by atoms with E-state index in [-0.39, 0.29) is 18.7 Å². The zero-order valence-corrected chi connectivity index (χ0v) is 13.7. The highest BCUT2D eigenvalue weighted by Crippen LogP contribution is 2.12. The fourth-order valence-corrected chi connectivity index (χ4v) is 2.54. The number of ether oxygens (including phenoxy) is 2. The Morgan fingerprint density at radius 2 is 2.00 bits per heavy atom. The van der Waals surface area contributed by atoms with Crippen LogP contribution in [0, 0.1) is 6.92 Å². The zero-order chi connectivity index (χ0) is 15.9. The molecule has 0 unspecified atom stereocenters. The van der Waals surface area contributed by atoms with Crippen molar-refractivity contribution < 1.29 is 14.3 Å². The lowest BCUT2D eigenvalue weighted by Crippen LogP contribution is -2.47. The van der Waals surface area contributed by atoms with Crippen LogP contribution in [-0.2, 0) is 9.53 Å². The van der Waals surface area contributed by atoms with E-state index in [2.05, 4.69) is 16.8 Å². The summed E-state index contributed by atoms with van der Waals surface area (Å²) in [7, 11) is 2.13. The number of piperazine rings is 1. The van der Waals surface area contributed by atoms with Crippen LogP contribution in [0.2, 0.25) is 0 Å². The second-order valence-electron chi connectivity index (χ2n) is 6.01. The maximum absolute atomic E-state index is 11.8. The predicted molar refractivity (Wildman–Crippen MR) is 86.2 cm³/mol. The molecule has 1 aromatic carbocycles. The monoisotopic (exact) mass is 306 g/mol. The second kappa shape index (κ2) is 8.15. The van der Waals surface area contributed by atoms with Gasteiger partial charge in [-0.05, 0) is 38.6 Å². The van der Waals surface area contributed by atoms with Crippen molar-refractivity contribution in [2.45, 2.75) is 20.0 Å². The zero-order valence-electron chi connectivity index (χ0n) is 13.7. The standard InChI is InChI=1S/C17H26N2O3/c1-14-5-4-6-16(11-14)21-13-17(20)22-15(2)12-19-9-7-18(3)8-10-19/h4-6,11,15H,7-10,12-13H2,1-3H3/t15-/m0/s1. The van der Waals surface area contributed by atoms with Gasteiger partial charge in [0, 0.05) is 32.7 Å². The van der Waals surface area contributed by atoms with Crippen molar-refractivity contribution in [2.75, 3.05) is 46.4 Å². The highest BCUT2D eigenvalue weighted by molar-refractivity contribution is 5.71. The highest BCUT2D eigenvalue weighted by atomic mass is 16.6. The normalized spacial score (nSPS) is 18.0. The number of carbonyl (C=O) groups is 1. The first-order chi connectivity index (χ1) is 10.5. The van der Waals surface area contributed by atoms with Gasteiger partial charge in [0.2, 0.25) is 0 Å². The molecule has 0 N–H and O–H groups in total. The number of esters is 1. The first-order valence-electron chi connectivity index (χ1n) is 7.83. The van der Waals surface area contributed by atoms with Crippen molar-refractivity contribution in [3.63, 3.8) is 0 Å². The summed E-state index contributed by atoms with van der Waals surface area (Å²) in [5.74, 6) is 0.381. The molecule has 0 saturated carbocycles. The molecule has 1 aromatic rings. The van der Waals surface area contributed by atoms with Crippen molar-refractivity contribution in [1.29, 1.82) is 0 Å². The van der Waals surface area contributed by atoms with Gasteiger partial charge < -0.3 is 14.4 Å². The molecule has 5 heteroatoms. The van der Waals surface area contributed by atoms with Crippen LogP contribution in [0.15, 0.2) is 24.3 Å². The Kier molecular flexibility index (Phi) is 6.21. The van der Waals surface area contributed by atoms with E-state index in [1.807, 2.05) is 38.1 Å². The fourth-order valence-electron chi connectivity index (χ4n) is 2.54. The molecule has 0 radical (unpaired) electrons. The molecular formula is C17H26N2O3. The van der Waals surface area contributed by atoms with Crippen molar-refractivity contribution in [1.82, 2.24) is 9.80 Å². The number of aryl methyl sites for hydroxylation is 1. The number of rotatable bonds is 6. The summed E-state index contributed by atoms with van der Waals surface area (Å²) >= 11 is 0. The summed E-state index contributed by atoms with van der Waals surface area (Å²) in [6.45, 7) is 8.84. The van der Waals surface area contributed by atoms with E-state index >= 15 is 0 Å². The van der Waals surface area contributed by atoms with Crippen LogP contribution >= 0.6 is 0 Å². The summed E-state index contributed by atoms with van der Waals surface area (Å²) in [4.78, 5) is 16.5. The van der Waals surface area contributed by atoms with Gasteiger partial charge in [0.25, 0.3) is 0 Å². The molecule has 0 aliphatic carbocycles. The molecule has 0 aromatic heterocycles. The SMILES string of the molecule is Cc1cccc(OCC(=O)O[C@@H](C)CN2CCN(C)CC2)c1. The Morgan fingerprint density at radius 1 is 1.27 bits per heavy atom. The van der Waals surface area contributed by atoms with Crippen molar-refractivity contribution >= 4 is 5.97 Å². The third-order valence-corrected chi connectivity index (χ3v) is 3.79. The molecule has 2 rings (SSSR count). The average Bonchev–Trinajstić information content (AvgIpc) is 2.47. The van der Waals surface area contributed by atoms with Gasteiger partial charge in [0.05, 0.1) is 0 Å². The first kappa shape index (κ1) is 16.8. The Morgan fingerprint density at radius 3 is 2.68 bits per heavy atom. The molecule has 1 saturated heterocycles. The number of likely N-dealkylation sites (N-methyl/N-ethyl adjacent to an activating group) is 1. The Balaban J connectivity index is 1.67. The molecule has 1 aliphatic rings. The van der Waals surface area contributed by atoms with E-state index in [1.54, 1.807) is 0 Å². The number of hydrogen-bond donors (Lipinski definition) is 0. The minimum Gasteiger partial charge on any atom is -0.482 e. The van der Waals surface area contributed by atoms with Gasteiger partial charge in [0.15, 0.2) is 6.61 Å². The second-order valence-corrected chi connectivity index (χ2v) is 6.01. The van der Waals surface area contributed by atoms with Crippen LogP contribution in [-0.4, -0.2) is 68.3 Å². The van der Waals surface area contributed by atoms with Crippen LogP contribution in [0.5, 0.6) is 5.75 Å². The molecule has 1 aliphatic heterocycles. The van der Waals surface area contributed by atoms with E-state index in [0.29, 0.717) is 5.75 Å². The molecule has 1 fully saturated rings. The summed E-state index contributed by atoms with van der Waals surface area (Å²) in [5, 5.41) is 0. The van der Waals surface area contributed by atoms with E-state index in [0.717, 1.165) is 38.3 Å². The van der Waals surface area contributed by atoms with Gasteiger partial charge in [-0.25, -0.2) is 4.79 Å². The molecule has 5 nitrogen and oxygen atoms in total. The van der Waals surface area contributed by atoms with Crippen molar-refractivity contribution in [2.24, 2.45) is 0 Å². The van der Waals surface area contributed by atoms with Crippen molar-refractivity contribution in [3.05, 3.63) is 29.8 Å². The quantitative estimate of drug-likeness (QED) is 0.746. The number of hydrogen-bond acceptors (Lipinski definition) is 5. The minimum atomic E-state index is -0.317. The summed E-state index contributed by atoms with van der Waals surface area (Å²) in [6.07, 6.45) is -0.114. The molecule has 1 atom stereocenters. The number of carbonyl (C=O) groups excluding carboxylic acids is 1. The van der Waals surface area contributed by atoms with Crippen LogP contribution < -0.4 is 4.74 Å². The summed E-state index contributed by atoms with van der Waals surface area (Å²) in [6, 6.07) is 7.64. The smallest absolute Gasteiger partial charge is 0.344 e. The molecule has 0 amide bonds. The van der Waals surface area contributed by atoms with Crippen LogP contribution in [0.25, 0.3) is 0 Å². The van der Waals surface area contributed by atoms with Gasteiger partial charge in [-0.1, -0.05) is 12.1 Å². The van der Waals surface area contributed by atoms with Gasteiger partial charge in [-0.15, -0.1) is 0 Å². The Bertz CT molecular complexity index is 485. The molecule has 122 valence electrons. The van der Waals surface area contributed by atoms with Crippen LogP contribution in [0.1, 0.15) is 12.5 Å². The summed E-state index contributed by atoms with van der Waals surface area (Å²) < 4.78 is 10.9. The maximum Gasteiger partial charge on any atom is 0.344 e. The number of benzene rings is 1. The number of nitrogens with zero attached hydrogens (tertiary/aromatic N) is 2. The van der Waals surface area contributed by atoms with E-state index in [9.17, 15) is 4.79 Å². The Labute approximate surface area is 132 Å².